The molecule has 34 heavy (non-hydrogen) atoms. The average Bonchev–Trinajstić information content (AvgIpc) is 2.71. The molecule has 1 aromatic heterocycles. The number of benzene rings is 1. The Labute approximate surface area is 195 Å². The second-order valence-corrected chi connectivity index (χ2v) is 9.25. The molecule has 3 N–H and O–H groups in total. The lowest BCUT2D eigenvalue weighted by atomic mass is 9.86. The molecule has 2 aromatic rings. The van der Waals surface area contributed by atoms with Crippen molar-refractivity contribution in [3.8, 4) is 0 Å². The van der Waals surface area contributed by atoms with Crippen molar-refractivity contribution < 1.29 is 22.8 Å². The number of aromatic nitrogens is 2. The summed E-state index contributed by atoms with van der Waals surface area (Å²) in [7, 11) is 1.84. The lowest BCUT2D eigenvalue weighted by Gasteiger charge is -2.38. The lowest BCUT2D eigenvalue weighted by Crippen LogP contribution is -2.51. The van der Waals surface area contributed by atoms with E-state index >= 15 is 0 Å². The first-order chi connectivity index (χ1) is 16.0. The largest absolute Gasteiger partial charge is 0.353 e. The number of halogens is 3. The number of anilines is 3. The van der Waals surface area contributed by atoms with Crippen molar-refractivity contribution in [2.45, 2.75) is 58.2 Å². The van der Waals surface area contributed by atoms with Crippen LogP contribution >= 0.6 is 0 Å². The highest BCUT2D eigenvalue weighted by molar-refractivity contribution is 6.03. The molecule has 4 rings (SSSR count). The maximum absolute atomic E-state index is 13.3. The van der Waals surface area contributed by atoms with Crippen molar-refractivity contribution >= 4 is 29.3 Å². The summed E-state index contributed by atoms with van der Waals surface area (Å²) in [5.41, 5.74) is 1.32. The summed E-state index contributed by atoms with van der Waals surface area (Å²) in [6, 6.07) is 1.24. The SMILES string of the molecule is Cc1nc(N[C@H]2C[C@@H](NC(=O)Cc3cc(F)c(F)c(F)c3)C2)nc2c1NC(=O)[C@H](C(C)C)N2C. The van der Waals surface area contributed by atoms with Crippen LogP contribution in [-0.2, 0) is 16.0 Å². The third kappa shape index (κ3) is 4.64. The van der Waals surface area contributed by atoms with Crippen LogP contribution in [0.25, 0.3) is 0 Å². The number of carbonyl (C=O) groups is 2. The predicted octanol–water partition coefficient (Wildman–Crippen LogP) is 2.92. The summed E-state index contributed by atoms with van der Waals surface area (Å²) in [5, 5.41) is 8.99. The first-order valence-electron chi connectivity index (χ1n) is 11.1. The Hall–Kier alpha value is -3.37. The normalized spacial score (nSPS) is 21.6. The molecule has 0 radical (unpaired) electrons. The first-order valence-corrected chi connectivity index (χ1v) is 11.1. The fraction of sp³-hybridized carbons (Fsp3) is 0.478. The fourth-order valence-electron chi connectivity index (χ4n) is 4.49. The van der Waals surface area contributed by atoms with Crippen molar-refractivity contribution in [1.29, 1.82) is 0 Å². The van der Waals surface area contributed by atoms with Gasteiger partial charge in [-0.05, 0) is 43.4 Å². The van der Waals surface area contributed by atoms with Gasteiger partial charge < -0.3 is 20.9 Å². The van der Waals surface area contributed by atoms with Gasteiger partial charge in [-0.3, -0.25) is 9.59 Å². The predicted molar refractivity (Wildman–Crippen MR) is 121 cm³/mol. The molecule has 182 valence electrons. The third-order valence-electron chi connectivity index (χ3n) is 6.22. The van der Waals surface area contributed by atoms with Gasteiger partial charge in [-0.25, -0.2) is 18.2 Å². The number of amides is 2. The van der Waals surface area contributed by atoms with Gasteiger partial charge in [0.1, 0.15) is 11.7 Å². The Balaban J connectivity index is 1.34. The van der Waals surface area contributed by atoms with Crippen LogP contribution in [0.4, 0.5) is 30.6 Å². The Morgan fingerprint density at radius 3 is 2.44 bits per heavy atom. The van der Waals surface area contributed by atoms with E-state index in [1.165, 1.54) is 0 Å². The number of nitrogens with one attached hydrogen (secondary N) is 3. The number of fused-ring (bicyclic) bond motifs is 1. The van der Waals surface area contributed by atoms with Gasteiger partial charge in [0.05, 0.1) is 12.1 Å². The molecular formula is C23H27F3N6O2. The molecule has 1 saturated carbocycles. The van der Waals surface area contributed by atoms with Crippen LogP contribution in [0.2, 0.25) is 0 Å². The number of carbonyl (C=O) groups excluding carboxylic acids is 2. The van der Waals surface area contributed by atoms with E-state index in [9.17, 15) is 22.8 Å². The van der Waals surface area contributed by atoms with Crippen LogP contribution in [0.3, 0.4) is 0 Å². The smallest absolute Gasteiger partial charge is 0.247 e. The van der Waals surface area contributed by atoms with E-state index in [0.717, 1.165) is 12.1 Å². The fourth-order valence-corrected chi connectivity index (χ4v) is 4.49. The summed E-state index contributed by atoms with van der Waals surface area (Å²) in [6.07, 6.45) is 1.00. The number of rotatable bonds is 6. The van der Waals surface area contributed by atoms with Crippen molar-refractivity contribution in [2.75, 3.05) is 22.6 Å². The Morgan fingerprint density at radius 1 is 1.18 bits per heavy atom. The molecule has 0 saturated heterocycles. The van der Waals surface area contributed by atoms with E-state index in [4.69, 9.17) is 0 Å². The van der Waals surface area contributed by atoms with Gasteiger partial charge in [0.2, 0.25) is 17.8 Å². The Kier molecular flexibility index (Phi) is 6.37. The van der Waals surface area contributed by atoms with E-state index in [2.05, 4.69) is 25.9 Å². The summed E-state index contributed by atoms with van der Waals surface area (Å²) >= 11 is 0. The van der Waals surface area contributed by atoms with Crippen molar-refractivity contribution in [3.63, 3.8) is 0 Å². The molecule has 2 aliphatic rings. The zero-order valence-corrected chi connectivity index (χ0v) is 19.4. The van der Waals surface area contributed by atoms with E-state index in [0.29, 0.717) is 36.0 Å². The van der Waals surface area contributed by atoms with Crippen LogP contribution in [0, 0.1) is 30.3 Å². The first kappa shape index (κ1) is 23.8. The maximum Gasteiger partial charge on any atom is 0.247 e. The van der Waals surface area contributed by atoms with Crippen LogP contribution < -0.4 is 20.9 Å². The minimum atomic E-state index is -1.55. The van der Waals surface area contributed by atoms with Gasteiger partial charge in [0, 0.05) is 19.1 Å². The minimum absolute atomic E-state index is 0.0350. The highest BCUT2D eigenvalue weighted by Gasteiger charge is 2.36. The number of hydrogen-bond donors (Lipinski definition) is 3. The van der Waals surface area contributed by atoms with E-state index in [1.807, 2.05) is 25.8 Å². The molecule has 1 atom stereocenters. The Bertz CT molecular complexity index is 1110. The summed E-state index contributed by atoms with van der Waals surface area (Å²) < 4.78 is 39.7. The van der Waals surface area contributed by atoms with Gasteiger partial charge in [0.15, 0.2) is 23.3 Å². The molecule has 1 fully saturated rings. The monoisotopic (exact) mass is 476 g/mol. The third-order valence-corrected chi connectivity index (χ3v) is 6.22. The zero-order chi connectivity index (χ0) is 24.7. The van der Waals surface area contributed by atoms with E-state index in [-0.39, 0.29) is 41.9 Å². The van der Waals surface area contributed by atoms with Crippen molar-refractivity contribution in [3.05, 3.63) is 40.8 Å². The van der Waals surface area contributed by atoms with Gasteiger partial charge in [-0.1, -0.05) is 13.8 Å². The van der Waals surface area contributed by atoms with E-state index in [1.54, 1.807) is 6.92 Å². The number of hydrogen-bond acceptors (Lipinski definition) is 6. The van der Waals surface area contributed by atoms with Crippen LogP contribution in [-0.4, -0.2) is 47.0 Å². The van der Waals surface area contributed by atoms with Gasteiger partial charge in [-0.2, -0.15) is 4.98 Å². The molecule has 1 aliphatic heterocycles. The van der Waals surface area contributed by atoms with Crippen LogP contribution in [0.5, 0.6) is 0 Å². The molecule has 0 bridgehead atoms. The van der Waals surface area contributed by atoms with Crippen molar-refractivity contribution in [1.82, 2.24) is 15.3 Å². The van der Waals surface area contributed by atoms with Crippen LogP contribution in [0.1, 0.15) is 37.9 Å². The minimum Gasteiger partial charge on any atom is -0.353 e. The highest BCUT2D eigenvalue weighted by Crippen LogP contribution is 2.35. The van der Waals surface area contributed by atoms with Crippen LogP contribution in [0.15, 0.2) is 12.1 Å². The second kappa shape index (κ2) is 9.11. The summed E-state index contributed by atoms with van der Waals surface area (Å²) in [4.78, 5) is 35.6. The molecule has 1 aromatic carbocycles. The number of nitrogens with zero attached hydrogens (tertiary/aromatic N) is 3. The quantitative estimate of drug-likeness (QED) is 0.555. The van der Waals surface area contributed by atoms with Crippen molar-refractivity contribution in [2.24, 2.45) is 5.92 Å². The Morgan fingerprint density at radius 2 is 1.82 bits per heavy atom. The average molecular weight is 477 g/mol. The molecule has 2 heterocycles. The second-order valence-electron chi connectivity index (χ2n) is 9.25. The zero-order valence-electron chi connectivity index (χ0n) is 19.4. The molecule has 1 aliphatic carbocycles. The molecule has 0 unspecified atom stereocenters. The molecule has 8 nitrogen and oxygen atoms in total. The van der Waals surface area contributed by atoms with E-state index < -0.39 is 23.4 Å². The topological polar surface area (TPSA) is 99.2 Å². The standard InChI is InChI=1S/C23H27F3N6O2/c1-10(2)20-22(34)30-19-11(3)27-23(31-21(19)32(20)4)29-14-8-13(9-14)28-17(33)7-12-5-15(24)18(26)16(25)6-12/h5-6,10,13-14,20H,7-9H2,1-4H3,(H,28,33)(H,30,34)(H,27,29,31)/t13-,14+,20-/m0/s1. The number of likely N-dealkylation sites (N-methyl/N-ethyl adjacent to an activating group) is 1. The van der Waals surface area contributed by atoms with Gasteiger partial charge >= 0.3 is 0 Å². The molecule has 0 spiro atoms. The molecule has 11 heteroatoms. The van der Waals surface area contributed by atoms with Gasteiger partial charge in [-0.15, -0.1) is 0 Å². The molecule has 2 amide bonds. The maximum atomic E-state index is 13.3. The number of aryl methyl sites for hydroxylation is 1. The summed E-state index contributed by atoms with van der Waals surface area (Å²) in [6.45, 7) is 5.76. The highest BCUT2D eigenvalue weighted by atomic mass is 19.2. The summed E-state index contributed by atoms with van der Waals surface area (Å²) in [5.74, 6) is -3.48. The van der Waals surface area contributed by atoms with Gasteiger partial charge in [0.25, 0.3) is 0 Å². The lowest BCUT2D eigenvalue weighted by molar-refractivity contribution is -0.121. The molecular weight excluding hydrogens is 449 g/mol.